The van der Waals surface area contributed by atoms with Gasteiger partial charge in [-0.25, -0.2) is 8.42 Å². The van der Waals surface area contributed by atoms with E-state index in [1.54, 1.807) is 36.4 Å². The summed E-state index contributed by atoms with van der Waals surface area (Å²) in [4.78, 5) is 30.3. The number of aryl methyl sites for hydroxylation is 2. The molecule has 47 heavy (non-hydrogen) atoms. The van der Waals surface area contributed by atoms with E-state index in [1.165, 1.54) is 17.0 Å². The zero-order chi connectivity index (χ0) is 34.2. The van der Waals surface area contributed by atoms with Gasteiger partial charge in [-0.15, -0.1) is 0 Å². The molecule has 0 unspecified atom stereocenters. The van der Waals surface area contributed by atoms with E-state index >= 15 is 0 Å². The lowest BCUT2D eigenvalue weighted by Crippen LogP contribution is -2.56. The van der Waals surface area contributed by atoms with Crippen LogP contribution in [0.5, 0.6) is 5.75 Å². The predicted octanol–water partition coefficient (Wildman–Crippen LogP) is 6.45. The zero-order valence-electron chi connectivity index (χ0n) is 28.1. The lowest BCUT2D eigenvalue weighted by molar-refractivity contribution is -0.140. The number of hydrogen-bond acceptors (Lipinski definition) is 5. The van der Waals surface area contributed by atoms with E-state index in [0.29, 0.717) is 12.4 Å². The Hall–Kier alpha value is -4.63. The number of rotatable bonds is 13. The third kappa shape index (κ3) is 9.45. The molecular formula is C38H45N3O5S. The Morgan fingerprint density at radius 1 is 0.809 bits per heavy atom. The third-order valence-electron chi connectivity index (χ3n) is 7.53. The van der Waals surface area contributed by atoms with Crippen molar-refractivity contribution in [2.75, 3.05) is 17.5 Å². The van der Waals surface area contributed by atoms with Crippen molar-refractivity contribution in [3.8, 4) is 5.75 Å². The second-order valence-corrected chi connectivity index (χ2v) is 14.5. The molecule has 248 valence electrons. The quantitative estimate of drug-likeness (QED) is 0.179. The number of carbonyl (C=O) groups is 2. The average Bonchev–Trinajstić information content (AvgIpc) is 3.02. The number of amides is 2. The predicted molar refractivity (Wildman–Crippen MR) is 187 cm³/mol. The van der Waals surface area contributed by atoms with E-state index < -0.39 is 34.1 Å². The number of hydrogen-bond donors (Lipinski definition) is 1. The highest BCUT2D eigenvalue weighted by molar-refractivity contribution is 7.92. The van der Waals surface area contributed by atoms with E-state index in [4.69, 9.17) is 4.74 Å². The average molecular weight is 656 g/mol. The minimum absolute atomic E-state index is 0.0405. The topological polar surface area (TPSA) is 96.0 Å². The Morgan fingerprint density at radius 2 is 1.45 bits per heavy atom. The fourth-order valence-electron chi connectivity index (χ4n) is 5.31. The smallest absolute Gasteiger partial charge is 0.264 e. The number of carbonyl (C=O) groups excluding carboxylic acids is 2. The molecular weight excluding hydrogens is 611 g/mol. The first-order valence-corrected chi connectivity index (χ1v) is 17.2. The van der Waals surface area contributed by atoms with Gasteiger partial charge in [-0.1, -0.05) is 90.0 Å². The summed E-state index contributed by atoms with van der Waals surface area (Å²) in [5.41, 5.74) is 3.26. The molecule has 0 aliphatic carbocycles. The van der Waals surface area contributed by atoms with Crippen LogP contribution < -0.4 is 14.4 Å². The number of anilines is 1. The molecule has 0 aliphatic heterocycles. The molecule has 4 rings (SSSR count). The fourth-order valence-corrected chi connectivity index (χ4v) is 6.73. The molecule has 0 aromatic heterocycles. The maximum atomic E-state index is 14.7. The minimum Gasteiger partial charge on any atom is -0.492 e. The van der Waals surface area contributed by atoms with Crippen LogP contribution in [0.3, 0.4) is 0 Å². The minimum atomic E-state index is -4.25. The molecule has 0 saturated carbocycles. The molecule has 0 bridgehead atoms. The van der Waals surface area contributed by atoms with E-state index in [2.05, 4.69) is 5.32 Å². The molecule has 1 N–H and O–H groups in total. The van der Waals surface area contributed by atoms with Gasteiger partial charge in [0, 0.05) is 18.5 Å². The van der Waals surface area contributed by atoms with Gasteiger partial charge in [-0.2, -0.15) is 0 Å². The molecule has 0 fully saturated rings. The van der Waals surface area contributed by atoms with Crippen LogP contribution in [-0.4, -0.2) is 49.9 Å². The van der Waals surface area contributed by atoms with Crippen LogP contribution in [0.2, 0.25) is 0 Å². The van der Waals surface area contributed by atoms with Gasteiger partial charge in [-0.3, -0.25) is 13.9 Å². The summed E-state index contributed by atoms with van der Waals surface area (Å²) < 4.78 is 35.7. The molecule has 9 heteroatoms. The van der Waals surface area contributed by atoms with Crippen molar-refractivity contribution in [2.45, 2.75) is 71.0 Å². The Morgan fingerprint density at radius 3 is 2.09 bits per heavy atom. The van der Waals surface area contributed by atoms with Crippen LogP contribution >= 0.6 is 0 Å². The number of nitrogens with one attached hydrogen (secondary N) is 1. The second kappa shape index (κ2) is 15.3. The first-order valence-electron chi connectivity index (χ1n) is 15.8. The van der Waals surface area contributed by atoms with Gasteiger partial charge >= 0.3 is 0 Å². The molecule has 8 nitrogen and oxygen atoms in total. The Bertz CT molecular complexity index is 1770. The molecule has 2 amide bonds. The molecule has 4 aromatic carbocycles. The normalized spacial score (nSPS) is 12.2. The highest BCUT2D eigenvalue weighted by Crippen LogP contribution is 2.33. The van der Waals surface area contributed by atoms with Gasteiger partial charge in [0.1, 0.15) is 18.3 Å². The standard InChI is InChI=1S/C38H45N3O5S/c1-7-46-35-19-12-11-18-33(35)41(47(44,45)32-22-20-28(2)21-23-32)27-36(42)40(26-31-17-13-14-29(3)24-31)34(37(43)39-38(4,5)6)25-30-15-9-8-10-16-30/h8-24,34H,7,25-27H2,1-6H3,(H,39,43)/t34-/m1/s1. The lowest BCUT2D eigenvalue weighted by Gasteiger charge is -2.35. The fraction of sp³-hybridized carbons (Fsp3) is 0.316. The monoisotopic (exact) mass is 655 g/mol. The molecule has 0 radical (unpaired) electrons. The Kier molecular flexibility index (Phi) is 11.5. The number of sulfonamides is 1. The lowest BCUT2D eigenvalue weighted by atomic mass is 10.0. The van der Waals surface area contributed by atoms with Gasteiger partial charge < -0.3 is 15.0 Å². The van der Waals surface area contributed by atoms with Crippen molar-refractivity contribution in [1.29, 1.82) is 0 Å². The van der Waals surface area contributed by atoms with Crippen molar-refractivity contribution in [2.24, 2.45) is 0 Å². The number of nitrogens with zero attached hydrogens (tertiary/aromatic N) is 2. The van der Waals surface area contributed by atoms with Crippen molar-refractivity contribution in [3.63, 3.8) is 0 Å². The number of para-hydroxylation sites is 2. The van der Waals surface area contributed by atoms with Crippen LogP contribution in [0.15, 0.2) is 108 Å². The molecule has 1 atom stereocenters. The van der Waals surface area contributed by atoms with Crippen LogP contribution in [-0.2, 0) is 32.6 Å². The zero-order valence-corrected chi connectivity index (χ0v) is 28.9. The van der Waals surface area contributed by atoms with Crippen LogP contribution in [0.4, 0.5) is 5.69 Å². The van der Waals surface area contributed by atoms with Gasteiger partial charge in [0.25, 0.3) is 10.0 Å². The van der Waals surface area contributed by atoms with Crippen molar-refractivity contribution < 1.29 is 22.7 Å². The second-order valence-electron chi connectivity index (χ2n) is 12.7. The summed E-state index contributed by atoms with van der Waals surface area (Å²) in [5, 5.41) is 3.06. The maximum Gasteiger partial charge on any atom is 0.264 e. The van der Waals surface area contributed by atoms with Gasteiger partial charge in [-0.05, 0) is 76.9 Å². The van der Waals surface area contributed by atoms with E-state index in [1.807, 2.05) is 96.1 Å². The van der Waals surface area contributed by atoms with Crippen LogP contribution in [0, 0.1) is 13.8 Å². The molecule has 0 heterocycles. The summed E-state index contributed by atoms with van der Waals surface area (Å²) >= 11 is 0. The van der Waals surface area contributed by atoms with E-state index in [9.17, 15) is 18.0 Å². The summed E-state index contributed by atoms with van der Waals surface area (Å²) in [5.74, 6) is -0.529. The highest BCUT2D eigenvalue weighted by atomic mass is 32.2. The maximum absolute atomic E-state index is 14.7. The Balaban J connectivity index is 1.85. The van der Waals surface area contributed by atoms with Crippen LogP contribution in [0.25, 0.3) is 0 Å². The van der Waals surface area contributed by atoms with Crippen molar-refractivity contribution >= 4 is 27.5 Å². The van der Waals surface area contributed by atoms with E-state index in [0.717, 1.165) is 26.6 Å². The summed E-state index contributed by atoms with van der Waals surface area (Å²) in [6, 6.07) is 29.6. The first kappa shape index (κ1) is 35.2. The van der Waals surface area contributed by atoms with Crippen molar-refractivity contribution in [3.05, 3.63) is 125 Å². The summed E-state index contributed by atoms with van der Waals surface area (Å²) in [7, 11) is -4.25. The molecule has 0 spiro atoms. The van der Waals surface area contributed by atoms with Crippen LogP contribution in [0.1, 0.15) is 49.9 Å². The van der Waals surface area contributed by atoms with Crippen molar-refractivity contribution in [1.82, 2.24) is 10.2 Å². The van der Waals surface area contributed by atoms with Gasteiger partial charge in [0.05, 0.1) is 17.2 Å². The Labute approximate surface area is 279 Å². The molecule has 0 saturated heterocycles. The summed E-state index contributed by atoms with van der Waals surface area (Å²) in [6.07, 6.45) is 0.237. The van der Waals surface area contributed by atoms with Gasteiger partial charge in [0.2, 0.25) is 11.8 Å². The van der Waals surface area contributed by atoms with E-state index in [-0.39, 0.29) is 29.5 Å². The third-order valence-corrected chi connectivity index (χ3v) is 9.30. The van der Waals surface area contributed by atoms with Gasteiger partial charge in [0.15, 0.2) is 0 Å². The first-order chi connectivity index (χ1) is 22.3. The highest BCUT2D eigenvalue weighted by Gasteiger charge is 2.36. The molecule has 0 aliphatic rings. The number of benzene rings is 4. The largest absolute Gasteiger partial charge is 0.492 e. The summed E-state index contributed by atoms with van der Waals surface area (Å²) in [6.45, 7) is 11.2. The number of ether oxygens (including phenoxy) is 1. The molecule has 4 aromatic rings. The SMILES string of the molecule is CCOc1ccccc1N(CC(=O)N(Cc1cccc(C)c1)[C@H](Cc1ccccc1)C(=O)NC(C)(C)C)S(=O)(=O)c1ccc(C)cc1.